The van der Waals surface area contributed by atoms with Crippen LogP contribution in [0.5, 0.6) is 5.75 Å². The Morgan fingerprint density at radius 1 is 1.19 bits per heavy atom. The maximum atomic E-state index is 12.7. The summed E-state index contributed by atoms with van der Waals surface area (Å²) in [6.07, 6.45) is 1.82. The molecule has 2 aromatic rings. The Balaban J connectivity index is 1.78. The molecule has 1 aliphatic carbocycles. The molecular formula is C20H24N2O4. The number of carbonyl (C=O) groups excluding carboxylic acids is 1. The van der Waals surface area contributed by atoms with Crippen LogP contribution in [0.15, 0.2) is 30.3 Å². The number of hydrogen-bond donors (Lipinski definition) is 2. The molecule has 3 rings (SSSR count). The van der Waals surface area contributed by atoms with E-state index in [0.717, 1.165) is 22.8 Å². The zero-order valence-corrected chi connectivity index (χ0v) is 15.3. The molecule has 1 aromatic carbocycles. The first-order chi connectivity index (χ1) is 12.4. The fourth-order valence-corrected chi connectivity index (χ4v) is 3.72. The first-order valence-corrected chi connectivity index (χ1v) is 8.77. The van der Waals surface area contributed by atoms with Crippen molar-refractivity contribution in [2.45, 2.75) is 39.2 Å². The molecule has 6 nitrogen and oxygen atoms in total. The van der Waals surface area contributed by atoms with E-state index in [2.05, 4.69) is 5.32 Å². The monoisotopic (exact) mass is 356 g/mol. The molecule has 6 heteroatoms. The molecule has 26 heavy (non-hydrogen) atoms. The zero-order valence-electron chi connectivity index (χ0n) is 15.3. The number of nitrogens with one attached hydrogen (secondary N) is 1. The van der Waals surface area contributed by atoms with Crippen LogP contribution in [0.4, 0.5) is 0 Å². The van der Waals surface area contributed by atoms with E-state index in [0.29, 0.717) is 24.8 Å². The van der Waals surface area contributed by atoms with Gasteiger partial charge in [0.2, 0.25) is 0 Å². The second kappa shape index (κ2) is 7.23. The Morgan fingerprint density at radius 3 is 2.46 bits per heavy atom. The van der Waals surface area contributed by atoms with Crippen LogP contribution in [-0.2, 0) is 4.79 Å². The lowest BCUT2D eigenvalue weighted by Crippen LogP contribution is -2.33. The van der Waals surface area contributed by atoms with E-state index < -0.39 is 5.97 Å². The lowest BCUT2D eigenvalue weighted by Gasteiger charge is -2.13. The highest BCUT2D eigenvalue weighted by molar-refractivity contribution is 5.96. The molecule has 0 aliphatic heterocycles. The molecule has 0 bridgehead atoms. The Bertz CT molecular complexity index is 823. The molecule has 1 amide bonds. The number of carboxylic acids is 1. The minimum absolute atomic E-state index is 0.0763. The van der Waals surface area contributed by atoms with Crippen LogP contribution in [0, 0.1) is 19.8 Å². The molecule has 1 saturated carbocycles. The summed E-state index contributed by atoms with van der Waals surface area (Å²) < 4.78 is 7.22. The summed E-state index contributed by atoms with van der Waals surface area (Å²) in [5.41, 5.74) is 3.41. The van der Waals surface area contributed by atoms with Crippen LogP contribution in [0.1, 0.15) is 41.0 Å². The average Bonchev–Trinajstić information content (AvgIpc) is 3.20. The van der Waals surface area contributed by atoms with E-state index in [4.69, 9.17) is 9.84 Å². The van der Waals surface area contributed by atoms with Gasteiger partial charge in [0.15, 0.2) is 0 Å². The predicted molar refractivity (Wildman–Crippen MR) is 98.0 cm³/mol. The van der Waals surface area contributed by atoms with Crippen molar-refractivity contribution in [3.63, 3.8) is 0 Å². The van der Waals surface area contributed by atoms with Crippen LogP contribution in [0.3, 0.4) is 0 Å². The summed E-state index contributed by atoms with van der Waals surface area (Å²) in [7, 11) is 1.63. The number of carbonyl (C=O) groups is 2. The summed E-state index contributed by atoms with van der Waals surface area (Å²) in [5.74, 6) is -0.497. The van der Waals surface area contributed by atoms with Gasteiger partial charge in [0.1, 0.15) is 5.75 Å². The fraction of sp³-hybridized carbons (Fsp3) is 0.400. The molecular weight excluding hydrogens is 332 g/mol. The van der Waals surface area contributed by atoms with Crippen molar-refractivity contribution in [2.24, 2.45) is 5.92 Å². The number of methoxy groups -OCH3 is 1. The highest BCUT2D eigenvalue weighted by Crippen LogP contribution is 2.27. The average molecular weight is 356 g/mol. The number of nitrogens with zero attached hydrogens (tertiary/aromatic N) is 1. The maximum absolute atomic E-state index is 12.7. The Labute approximate surface area is 152 Å². The third-order valence-electron chi connectivity index (χ3n) is 5.12. The third kappa shape index (κ3) is 3.45. The highest BCUT2D eigenvalue weighted by atomic mass is 16.5. The lowest BCUT2D eigenvalue weighted by molar-refractivity contribution is -0.141. The number of benzene rings is 1. The summed E-state index contributed by atoms with van der Waals surface area (Å²) >= 11 is 0. The highest BCUT2D eigenvalue weighted by Gasteiger charge is 2.31. The molecule has 1 heterocycles. The largest absolute Gasteiger partial charge is 0.497 e. The smallest absolute Gasteiger partial charge is 0.306 e. The number of aliphatic carboxylic acids is 1. The minimum atomic E-state index is -0.778. The molecule has 0 unspecified atom stereocenters. The van der Waals surface area contributed by atoms with Gasteiger partial charge in [0.25, 0.3) is 5.91 Å². The number of ether oxygens (including phenoxy) is 1. The van der Waals surface area contributed by atoms with Gasteiger partial charge in [-0.3, -0.25) is 9.59 Å². The van der Waals surface area contributed by atoms with Crippen molar-refractivity contribution in [2.75, 3.05) is 7.11 Å². The van der Waals surface area contributed by atoms with Crippen LogP contribution in [0.2, 0.25) is 0 Å². The molecule has 0 spiro atoms. The number of carboxylic acid groups (broad SMARTS) is 1. The van der Waals surface area contributed by atoms with Crippen molar-refractivity contribution < 1.29 is 19.4 Å². The van der Waals surface area contributed by atoms with E-state index >= 15 is 0 Å². The third-order valence-corrected chi connectivity index (χ3v) is 5.12. The fourth-order valence-electron chi connectivity index (χ4n) is 3.72. The first-order valence-electron chi connectivity index (χ1n) is 8.77. The van der Waals surface area contributed by atoms with Crippen molar-refractivity contribution >= 4 is 11.9 Å². The quantitative estimate of drug-likeness (QED) is 0.863. The molecule has 1 fully saturated rings. The second-order valence-corrected chi connectivity index (χ2v) is 6.84. The zero-order chi connectivity index (χ0) is 18.8. The summed E-state index contributed by atoms with van der Waals surface area (Å²) in [6, 6.07) is 9.48. The van der Waals surface area contributed by atoms with E-state index in [9.17, 15) is 9.59 Å². The number of aromatic nitrogens is 1. The van der Waals surface area contributed by atoms with Crippen LogP contribution >= 0.6 is 0 Å². The van der Waals surface area contributed by atoms with Crippen molar-refractivity contribution in [1.29, 1.82) is 0 Å². The van der Waals surface area contributed by atoms with Gasteiger partial charge in [-0.1, -0.05) is 0 Å². The van der Waals surface area contributed by atoms with Gasteiger partial charge in [-0.05, 0) is 63.4 Å². The lowest BCUT2D eigenvalue weighted by atomic mass is 10.1. The Morgan fingerprint density at radius 2 is 1.88 bits per heavy atom. The Kier molecular flexibility index (Phi) is 5.02. The topological polar surface area (TPSA) is 80.6 Å². The molecule has 2 atom stereocenters. The number of amides is 1. The van der Waals surface area contributed by atoms with Crippen molar-refractivity contribution in [1.82, 2.24) is 9.88 Å². The van der Waals surface area contributed by atoms with Gasteiger partial charge in [0, 0.05) is 23.1 Å². The molecule has 138 valence electrons. The van der Waals surface area contributed by atoms with Gasteiger partial charge < -0.3 is 19.7 Å². The Hall–Kier alpha value is -2.76. The van der Waals surface area contributed by atoms with Gasteiger partial charge in [-0.15, -0.1) is 0 Å². The normalized spacial score (nSPS) is 19.3. The molecule has 2 N–H and O–H groups in total. The van der Waals surface area contributed by atoms with Crippen LogP contribution in [0.25, 0.3) is 5.69 Å². The molecule has 0 saturated heterocycles. The minimum Gasteiger partial charge on any atom is -0.497 e. The van der Waals surface area contributed by atoms with Crippen LogP contribution in [-0.4, -0.2) is 34.7 Å². The van der Waals surface area contributed by atoms with Gasteiger partial charge in [0.05, 0.1) is 18.6 Å². The van der Waals surface area contributed by atoms with Crippen molar-refractivity contribution in [3.05, 3.63) is 47.3 Å². The number of hydrogen-bond acceptors (Lipinski definition) is 3. The summed E-state index contributed by atoms with van der Waals surface area (Å²) in [5, 5.41) is 12.1. The summed E-state index contributed by atoms with van der Waals surface area (Å²) in [4.78, 5) is 23.8. The second-order valence-electron chi connectivity index (χ2n) is 6.84. The maximum Gasteiger partial charge on any atom is 0.306 e. The van der Waals surface area contributed by atoms with Gasteiger partial charge in [-0.2, -0.15) is 0 Å². The van der Waals surface area contributed by atoms with Crippen molar-refractivity contribution in [3.8, 4) is 11.4 Å². The van der Waals surface area contributed by atoms with Gasteiger partial charge in [-0.25, -0.2) is 0 Å². The van der Waals surface area contributed by atoms with Gasteiger partial charge >= 0.3 is 5.97 Å². The van der Waals surface area contributed by atoms with E-state index in [-0.39, 0.29) is 17.9 Å². The predicted octanol–water partition coefficient (Wildman–Crippen LogP) is 3.09. The molecule has 1 aromatic heterocycles. The van der Waals surface area contributed by atoms with E-state index in [1.165, 1.54) is 0 Å². The SMILES string of the molecule is COc1ccc(-n2c(C)cc(C(=O)N[C@H]3CC[C@@H](C(=O)O)C3)c2C)cc1. The van der Waals surface area contributed by atoms with E-state index in [1.807, 2.05) is 48.7 Å². The standard InChI is InChI=1S/C20H24N2O4/c1-12-10-18(19(23)21-15-5-4-14(11-15)20(24)25)13(2)22(12)16-6-8-17(26-3)9-7-16/h6-10,14-15H,4-5,11H2,1-3H3,(H,21,23)(H,24,25)/t14-,15+/m1/s1. The summed E-state index contributed by atoms with van der Waals surface area (Å²) in [6.45, 7) is 3.88. The number of aryl methyl sites for hydroxylation is 1. The first kappa shape index (κ1) is 18.0. The number of rotatable bonds is 5. The van der Waals surface area contributed by atoms with Crippen LogP contribution < -0.4 is 10.1 Å². The molecule has 0 radical (unpaired) electrons. The molecule has 1 aliphatic rings. The van der Waals surface area contributed by atoms with E-state index in [1.54, 1.807) is 7.11 Å².